The molecule has 0 radical (unpaired) electrons. The second kappa shape index (κ2) is 4.38. The molecule has 1 aromatic carbocycles. The van der Waals surface area contributed by atoms with Gasteiger partial charge >= 0.3 is 7.12 Å². The van der Waals surface area contributed by atoms with Crippen LogP contribution in [0.4, 0.5) is 0 Å². The number of benzene rings is 1. The van der Waals surface area contributed by atoms with Crippen molar-refractivity contribution in [3.05, 3.63) is 28.2 Å². The molecule has 1 fully saturated rings. The van der Waals surface area contributed by atoms with Gasteiger partial charge in [-0.1, -0.05) is 22.0 Å². The third-order valence-electron chi connectivity index (χ3n) is 3.64. The summed E-state index contributed by atoms with van der Waals surface area (Å²) in [5, 5.41) is 9.18. The molecular formula is C13H15BBrNO2. The highest BCUT2D eigenvalue weighted by Crippen LogP contribution is 2.36. The molecule has 94 valence electrons. The Bertz CT molecular complexity index is 506. The quantitative estimate of drug-likeness (QED) is 0.749. The Labute approximate surface area is 116 Å². The molecule has 18 heavy (non-hydrogen) atoms. The lowest BCUT2D eigenvalue weighted by Crippen LogP contribution is -2.41. The standard InChI is InChI=1S/C13H15BBrNO2/c1-12(2)13(3,4)18-14(17-12)11-6-5-10(15)7-9(11)8-16/h5-7H,1-4H3. The van der Waals surface area contributed by atoms with Crippen LogP contribution in [-0.4, -0.2) is 18.3 Å². The third-order valence-corrected chi connectivity index (χ3v) is 4.14. The highest BCUT2D eigenvalue weighted by molar-refractivity contribution is 9.10. The molecule has 0 spiro atoms. The van der Waals surface area contributed by atoms with Crippen molar-refractivity contribution in [2.45, 2.75) is 38.9 Å². The van der Waals surface area contributed by atoms with E-state index in [1.54, 1.807) is 6.07 Å². The van der Waals surface area contributed by atoms with Crippen molar-refractivity contribution in [1.82, 2.24) is 0 Å². The maximum absolute atomic E-state index is 9.18. The summed E-state index contributed by atoms with van der Waals surface area (Å²) in [5.74, 6) is 0. The molecule has 0 aromatic heterocycles. The van der Waals surface area contributed by atoms with Gasteiger partial charge in [-0.2, -0.15) is 5.26 Å². The Hall–Kier alpha value is -0.825. The predicted molar refractivity (Wildman–Crippen MR) is 74.6 cm³/mol. The molecule has 5 heteroatoms. The minimum absolute atomic E-state index is 0.391. The van der Waals surface area contributed by atoms with Crippen molar-refractivity contribution in [2.75, 3.05) is 0 Å². The van der Waals surface area contributed by atoms with E-state index in [1.807, 2.05) is 39.8 Å². The average molecular weight is 308 g/mol. The summed E-state index contributed by atoms with van der Waals surface area (Å²) in [5.41, 5.74) is 0.566. The summed E-state index contributed by atoms with van der Waals surface area (Å²) in [6.45, 7) is 7.99. The Balaban J connectivity index is 2.39. The van der Waals surface area contributed by atoms with Gasteiger partial charge in [-0.15, -0.1) is 0 Å². The van der Waals surface area contributed by atoms with Crippen LogP contribution in [-0.2, 0) is 9.31 Å². The highest BCUT2D eigenvalue weighted by Gasteiger charge is 2.52. The lowest BCUT2D eigenvalue weighted by molar-refractivity contribution is 0.00578. The zero-order chi connectivity index (χ0) is 13.6. The molecule has 1 aliphatic rings. The normalized spacial score (nSPS) is 20.8. The van der Waals surface area contributed by atoms with Crippen LogP contribution < -0.4 is 5.46 Å². The zero-order valence-electron chi connectivity index (χ0n) is 11.0. The Kier molecular flexibility index (Phi) is 3.31. The topological polar surface area (TPSA) is 42.2 Å². The van der Waals surface area contributed by atoms with E-state index in [4.69, 9.17) is 9.31 Å². The number of nitrogens with zero attached hydrogens (tertiary/aromatic N) is 1. The minimum Gasteiger partial charge on any atom is -0.399 e. The van der Waals surface area contributed by atoms with Crippen LogP contribution in [0.1, 0.15) is 33.3 Å². The third kappa shape index (κ3) is 2.21. The Morgan fingerprint density at radius 1 is 1.17 bits per heavy atom. The van der Waals surface area contributed by atoms with E-state index in [2.05, 4.69) is 22.0 Å². The fourth-order valence-corrected chi connectivity index (χ4v) is 2.16. The number of rotatable bonds is 1. The van der Waals surface area contributed by atoms with Gasteiger partial charge in [0, 0.05) is 9.94 Å². The van der Waals surface area contributed by atoms with E-state index in [9.17, 15) is 5.26 Å². The molecule has 0 aliphatic carbocycles. The average Bonchev–Trinajstić information content (AvgIpc) is 2.47. The first-order chi connectivity index (χ1) is 8.27. The SMILES string of the molecule is CC1(C)OB(c2ccc(Br)cc2C#N)OC1(C)C. The van der Waals surface area contributed by atoms with Crippen molar-refractivity contribution in [3.8, 4) is 6.07 Å². The van der Waals surface area contributed by atoms with E-state index < -0.39 is 18.3 Å². The Morgan fingerprint density at radius 2 is 1.72 bits per heavy atom. The summed E-state index contributed by atoms with van der Waals surface area (Å²) in [4.78, 5) is 0. The second-order valence-electron chi connectivity index (χ2n) is 5.43. The first-order valence-corrected chi connectivity index (χ1v) is 6.61. The van der Waals surface area contributed by atoms with E-state index >= 15 is 0 Å². The molecule has 0 unspecified atom stereocenters. The van der Waals surface area contributed by atoms with Crippen LogP contribution in [0.2, 0.25) is 0 Å². The fraction of sp³-hybridized carbons (Fsp3) is 0.462. The van der Waals surface area contributed by atoms with Crippen molar-refractivity contribution in [2.24, 2.45) is 0 Å². The van der Waals surface area contributed by atoms with Crippen molar-refractivity contribution >= 4 is 28.5 Å². The molecular weight excluding hydrogens is 293 g/mol. The summed E-state index contributed by atoms with van der Waals surface area (Å²) in [6, 6.07) is 7.71. The molecule has 1 aromatic rings. The largest absolute Gasteiger partial charge is 0.496 e. The van der Waals surface area contributed by atoms with Gasteiger partial charge in [0.15, 0.2) is 0 Å². The van der Waals surface area contributed by atoms with E-state index in [0.29, 0.717) is 5.56 Å². The van der Waals surface area contributed by atoms with Gasteiger partial charge in [0.25, 0.3) is 0 Å². The number of halogens is 1. The predicted octanol–water partition coefficient (Wildman–Crippen LogP) is 2.62. The summed E-state index contributed by atoms with van der Waals surface area (Å²) in [7, 11) is -0.488. The van der Waals surface area contributed by atoms with Gasteiger partial charge in [0.2, 0.25) is 0 Å². The molecule has 1 saturated heterocycles. The summed E-state index contributed by atoms with van der Waals surface area (Å²) in [6.07, 6.45) is 0. The number of hydrogen-bond acceptors (Lipinski definition) is 3. The molecule has 0 saturated carbocycles. The molecule has 0 atom stereocenters. The number of nitriles is 1. The molecule has 1 aliphatic heterocycles. The molecule has 2 rings (SSSR count). The smallest absolute Gasteiger partial charge is 0.399 e. The Morgan fingerprint density at radius 3 is 2.22 bits per heavy atom. The first-order valence-electron chi connectivity index (χ1n) is 5.82. The van der Waals surface area contributed by atoms with Crippen molar-refractivity contribution < 1.29 is 9.31 Å². The van der Waals surface area contributed by atoms with Gasteiger partial charge in [-0.25, -0.2) is 0 Å². The zero-order valence-corrected chi connectivity index (χ0v) is 12.5. The molecule has 0 bridgehead atoms. The van der Waals surface area contributed by atoms with Crippen LogP contribution in [0, 0.1) is 11.3 Å². The lowest BCUT2D eigenvalue weighted by Gasteiger charge is -2.32. The number of hydrogen-bond donors (Lipinski definition) is 0. The van der Waals surface area contributed by atoms with E-state index in [0.717, 1.165) is 9.94 Å². The van der Waals surface area contributed by atoms with Crippen LogP contribution >= 0.6 is 15.9 Å². The van der Waals surface area contributed by atoms with E-state index in [-0.39, 0.29) is 0 Å². The highest BCUT2D eigenvalue weighted by atomic mass is 79.9. The fourth-order valence-electron chi connectivity index (χ4n) is 1.80. The molecule has 3 nitrogen and oxygen atoms in total. The van der Waals surface area contributed by atoms with Gasteiger partial charge < -0.3 is 9.31 Å². The van der Waals surface area contributed by atoms with Crippen LogP contribution in [0.3, 0.4) is 0 Å². The maximum atomic E-state index is 9.18. The summed E-state index contributed by atoms with van der Waals surface area (Å²) >= 11 is 3.36. The van der Waals surface area contributed by atoms with Gasteiger partial charge in [0.05, 0.1) is 22.8 Å². The first kappa shape index (κ1) is 13.6. The monoisotopic (exact) mass is 307 g/mol. The van der Waals surface area contributed by atoms with Crippen LogP contribution in [0.15, 0.2) is 22.7 Å². The lowest BCUT2D eigenvalue weighted by atomic mass is 9.76. The van der Waals surface area contributed by atoms with Crippen LogP contribution in [0.25, 0.3) is 0 Å². The van der Waals surface area contributed by atoms with E-state index in [1.165, 1.54) is 0 Å². The van der Waals surface area contributed by atoms with Gasteiger partial charge in [-0.05, 0) is 39.8 Å². The second-order valence-corrected chi connectivity index (χ2v) is 6.35. The molecule has 1 heterocycles. The minimum atomic E-state index is -0.488. The van der Waals surface area contributed by atoms with Gasteiger partial charge in [0.1, 0.15) is 0 Å². The van der Waals surface area contributed by atoms with Crippen molar-refractivity contribution in [1.29, 1.82) is 5.26 Å². The van der Waals surface area contributed by atoms with Crippen LogP contribution in [0.5, 0.6) is 0 Å². The van der Waals surface area contributed by atoms with Gasteiger partial charge in [-0.3, -0.25) is 0 Å². The molecule has 0 amide bonds. The van der Waals surface area contributed by atoms with Crippen molar-refractivity contribution in [3.63, 3.8) is 0 Å². The maximum Gasteiger partial charge on any atom is 0.496 e. The molecule has 0 N–H and O–H groups in total. The summed E-state index contributed by atoms with van der Waals surface area (Å²) < 4.78 is 12.8.